The number of carbonyl (C=O) groups is 2. The van der Waals surface area contributed by atoms with Crippen LogP contribution in [0.1, 0.15) is 50.5 Å². The molecule has 134 valence electrons. The summed E-state index contributed by atoms with van der Waals surface area (Å²) in [7, 11) is 0. The van der Waals surface area contributed by atoms with Crippen molar-refractivity contribution in [3.63, 3.8) is 0 Å². The lowest BCUT2D eigenvalue weighted by Crippen LogP contribution is -2.20. The molecule has 1 aliphatic rings. The second-order valence-corrected chi connectivity index (χ2v) is 7.71. The summed E-state index contributed by atoms with van der Waals surface area (Å²) in [4.78, 5) is 34.0. The van der Waals surface area contributed by atoms with Crippen molar-refractivity contribution in [1.29, 1.82) is 0 Å². The Morgan fingerprint density at radius 3 is 2.96 bits per heavy atom. The highest BCUT2D eigenvalue weighted by Gasteiger charge is 2.28. The number of rotatable bonds is 3. The van der Waals surface area contributed by atoms with Crippen LogP contribution in [0, 0.1) is 12.8 Å². The second kappa shape index (κ2) is 6.17. The zero-order valence-electron chi connectivity index (χ0n) is 14.4. The fourth-order valence-electron chi connectivity index (χ4n) is 3.26. The summed E-state index contributed by atoms with van der Waals surface area (Å²) in [6.45, 7) is 4.03. The lowest BCUT2D eigenvalue weighted by Gasteiger charge is -2.18. The number of carbonyl (C=O) groups excluding carboxylic acids is 2. The molecule has 0 radical (unpaired) electrons. The molecule has 0 bridgehead atoms. The molecule has 8 nitrogen and oxygen atoms in total. The predicted molar refractivity (Wildman–Crippen MR) is 97.5 cm³/mol. The number of primary amides is 1. The highest BCUT2D eigenvalue weighted by Crippen LogP contribution is 2.39. The lowest BCUT2D eigenvalue weighted by molar-refractivity contribution is 0.1000. The van der Waals surface area contributed by atoms with Gasteiger partial charge < -0.3 is 11.1 Å². The van der Waals surface area contributed by atoms with Crippen molar-refractivity contribution in [2.75, 3.05) is 5.32 Å². The Bertz CT molecular complexity index is 1040. The molecule has 3 aromatic rings. The van der Waals surface area contributed by atoms with E-state index in [9.17, 15) is 9.59 Å². The first kappa shape index (κ1) is 16.6. The van der Waals surface area contributed by atoms with Gasteiger partial charge in [-0.05, 0) is 43.7 Å². The number of nitrogens with zero attached hydrogens (tertiary/aromatic N) is 4. The number of hydrogen-bond acceptors (Lipinski definition) is 6. The van der Waals surface area contributed by atoms with Crippen molar-refractivity contribution in [3.8, 4) is 0 Å². The van der Waals surface area contributed by atoms with Gasteiger partial charge >= 0.3 is 0 Å². The molecule has 1 aliphatic carbocycles. The minimum atomic E-state index is -0.521. The third kappa shape index (κ3) is 2.74. The van der Waals surface area contributed by atoms with Crippen molar-refractivity contribution in [3.05, 3.63) is 39.8 Å². The van der Waals surface area contributed by atoms with Crippen LogP contribution in [0.2, 0.25) is 0 Å². The van der Waals surface area contributed by atoms with Crippen LogP contribution in [0.15, 0.2) is 12.3 Å². The Morgan fingerprint density at radius 2 is 2.23 bits per heavy atom. The highest BCUT2D eigenvalue weighted by atomic mass is 32.1. The van der Waals surface area contributed by atoms with Gasteiger partial charge in [-0.2, -0.15) is 4.98 Å². The van der Waals surface area contributed by atoms with Crippen molar-refractivity contribution >= 4 is 33.9 Å². The number of thiophene rings is 1. The van der Waals surface area contributed by atoms with Gasteiger partial charge in [0, 0.05) is 16.8 Å². The molecular weight excluding hydrogens is 352 g/mol. The first-order valence-corrected chi connectivity index (χ1v) is 9.19. The topological polar surface area (TPSA) is 115 Å². The van der Waals surface area contributed by atoms with E-state index in [2.05, 4.69) is 27.3 Å². The van der Waals surface area contributed by atoms with Gasteiger partial charge in [-0.25, -0.2) is 9.50 Å². The number of aromatic nitrogens is 4. The maximum atomic E-state index is 12.6. The van der Waals surface area contributed by atoms with Crippen LogP contribution in [0.3, 0.4) is 0 Å². The highest BCUT2D eigenvalue weighted by molar-refractivity contribution is 7.17. The first-order chi connectivity index (χ1) is 12.4. The molecule has 0 aromatic carbocycles. The van der Waals surface area contributed by atoms with Crippen LogP contribution in [-0.2, 0) is 12.8 Å². The number of fused-ring (bicyclic) bond motifs is 2. The zero-order chi connectivity index (χ0) is 18.4. The van der Waals surface area contributed by atoms with Gasteiger partial charge in [-0.15, -0.1) is 16.4 Å². The monoisotopic (exact) mass is 370 g/mol. The number of amides is 2. The number of nitrogens with one attached hydrogen (secondary N) is 1. The van der Waals surface area contributed by atoms with E-state index < -0.39 is 11.8 Å². The van der Waals surface area contributed by atoms with Crippen LogP contribution >= 0.6 is 11.3 Å². The third-order valence-electron chi connectivity index (χ3n) is 4.62. The van der Waals surface area contributed by atoms with E-state index in [4.69, 9.17) is 5.73 Å². The first-order valence-electron chi connectivity index (χ1n) is 8.38. The van der Waals surface area contributed by atoms with E-state index in [1.54, 1.807) is 12.3 Å². The number of aryl methyl sites for hydroxylation is 1. The lowest BCUT2D eigenvalue weighted by atomic mass is 9.88. The summed E-state index contributed by atoms with van der Waals surface area (Å²) in [6, 6.07) is 1.78. The normalized spacial score (nSPS) is 16.5. The maximum Gasteiger partial charge on any atom is 0.296 e. The van der Waals surface area contributed by atoms with Crippen LogP contribution < -0.4 is 11.1 Å². The molecule has 3 N–H and O–H groups in total. The van der Waals surface area contributed by atoms with E-state index in [-0.39, 0.29) is 5.82 Å². The molecule has 3 heterocycles. The van der Waals surface area contributed by atoms with Gasteiger partial charge in [0.25, 0.3) is 17.6 Å². The fourth-order valence-corrected chi connectivity index (χ4v) is 4.67. The Labute approximate surface area is 153 Å². The summed E-state index contributed by atoms with van der Waals surface area (Å²) < 4.78 is 1.50. The summed E-state index contributed by atoms with van der Waals surface area (Å²) >= 11 is 1.42. The average molecular weight is 370 g/mol. The van der Waals surface area contributed by atoms with Gasteiger partial charge in [0.1, 0.15) is 5.00 Å². The van der Waals surface area contributed by atoms with Crippen molar-refractivity contribution < 1.29 is 9.59 Å². The SMILES string of the molecule is Cc1ccnc2nc(C(=O)Nc3sc4c(c3C(N)=O)CC[C@@H](C)C4)nn12. The van der Waals surface area contributed by atoms with Gasteiger partial charge in [0.2, 0.25) is 5.82 Å². The Kier molecular flexibility index (Phi) is 3.95. The van der Waals surface area contributed by atoms with E-state index in [0.29, 0.717) is 22.3 Å². The molecule has 0 saturated heterocycles. The summed E-state index contributed by atoms with van der Waals surface area (Å²) in [5, 5.41) is 7.45. The van der Waals surface area contributed by atoms with Crippen LogP contribution in [0.25, 0.3) is 5.78 Å². The average Bonchev–Trinajstić information content (AvgIpc) is 3.16. The van der Waals surface area contributed by atoms with Crippen LogP contribution in [-0.4, -0.2) is 31.4 Å². The van der Waals surface area contributed by atoms with Gasteiger partial charge in [-0.3, -0.25) is 9.59 Å². The minimum absolute atomic E-state index is 0.00182. The number of anilines is 1. The van der Waals surface area contributed by atoms with Crippen molar-refractivity contribution in [2.45, 2.75) is 33.1 Å². The van der Waals surface area contributed by atoms with E-state index >= 15 is 0 Å². The number of hydrogen-bond donors (Lipinski definition) is 2. The smallest absolute Gasteiger partial charge is 0.296 e. The van der Waals surface area contributed by atoms with Crippen molar-refractivity contribution in [1.82, 2.24) is 19.6 Å². The molecule has 0 saturated carbocycles. The molecule has 2 amide bonds. The van der Waals surface area contributed by atoms with E-state index in [1.807, 2.05) is 6.92 Å². The second-order valence-electron chi connectivity index (χ2n) is 6.61. The molecule has 4 rings (SSSR count). The zero-order valence-corrected chi connectivity index (χ0v) is 15.3. The Hall–Kier alpha value is -2.81. The summed E-state index contributed by atoms with van der Waals surface area (Å²) in [6.07, 6.45) is 4.32. The predicted octanol–water partition coefficient (Wildman–Crippen LogP) is 1.97. The molecule has 26 heavy (non-hydrogen) atoms. The maximum absolute atomic E-state index is 12.6. The largest absolute Gasteiger partial charge is 0.365 e. The van der Waals surface area contributed by atoms with Crippen LogP contribution in [0.4, 0.5) is 5.00 Å². The van der Waals surface area contributed by atoms with Gasteiger partial charge in [0.05, 0.1) is 5.56 Å². The molecule has 0 fully saturated rings. The minimum Gasteiger partial charge on any atom is -0.365 e. The summed E-state index contributed by atoms with van der Waals surface area (Å²) in [5.74, 6) is -0.0945. The standard InChI is InChI=1S/C17H18N6O2S/c1-8-3-4-10-11(7-8)26-16(12(10)13(18)24)21-15(25)14-20-17-19-6-5-9(2)23(17)22-14/h5-6,8H,3-4,7H2,1-2H3,(H2,18,24)(H,21,25)/t8-/m1/s1. The fraction of sp³-hybridized carbons (Fsp3) is 0.353. The molecule has 1 atom stereocenters. The van der Waals surface area contributed by atoms with E-state index in [1.165, 1.54) is 15.9 Å². The molecule has 3 aromatic heterocycles. The Morgan fingerprint density at radius 1 is 1.42 bits per heavy atom. The molecule has 9 heteroatoms. The third-order valence-corrected chi connectivity index (χ3v) is 5.79. The molecule has 0 spiro atoms. The van der Waals surface area contributed by atoms with E-state index in [0.717, 1.165) is 35.4 Å². The van der Waals surface area contributed by atoms with Gasteiger partial charge in [-0.1, -0.05) is 6.92 Å². The van der Waals surface area contributed by atoms with Crippen LogP contribution in [0.5, 0.6) is 0 Å². The quantitative estimate of drug-likeness (QED) is 0.731. The summed E-state index contributed by atoms with van der Waals surface area (Å²) in [5.41, 5.74) is 7.79. The Balaban J connectivity index is 1.69. The molecule has 0 aliphatic heterocycles. The van der Waals surface area contributed by atoms with Crippen molar-refractivity contribution in [2.24, 2.45) is 11.7 Å². The molecule has 0 unspecified atom stereocenters. The van der Waals surface area contributed by atoms with Gasteiger partial charge in [0.15, 0.2) is 0 Å². The molecular formula is C17H18N6O2S. The number of nitrogens with two attached hydrogens (primary N) is 1.